The summed E-state index contributed by atoms with van der Waals surface area (Å²) < 4.78 is 1.42. The Labute approximate surface area is 121 Å². The number of rotatable bonds is 8. The molecule has 1 heterocycles. The second-order valence-electron chi connectivity index (χ2n) is 5.95. The Morgan fingerprint density at radius 3 is 1.94 bits per heavy atom. The predicted molar refractivity (Wildman–Crippen MR) is 76.3 cm³/mol. The molecule has 0 aromatic heterocycles. The molecular weight excluding hydrogens is 244 g/mol. The molecule has 0 unspecified atom stereocenters. The minimum absolute atomic E-state index is 0. The van der Waals surface area contributed by atoms with E-state index >= 15 is 0 Å². The fraction of sp³-hybridized carbons (Fsp3) is 1.00. The summed E-state index contributed by atoms with van der Waals surface area (Å²) in [6.45, 7) is 12.9. The molecule has 0 radical (unpaired) electrons. The molecule has 0 aromatic rings. The van der Waals surface area contributed by atoms with E-state index < -0.39 is 0 Å². The van der Waals surface area contributed by atoms with Gasteiger partial charge in [0.1, 0.15) is 0 Å². The van der Waals surface area contributed by atoms with Crippen LogP contribution in [0.1, 0.15) is 52.4 Å². The van der Waals surface area contributed by atoms with Crippen molar-refractivity contribution in [3.8, 4) is 0 Å². The Kier molecular flexibility index (Phi) is 10.2. The highest BCUT2D eigenvalue weighted by Crippen LogP contribution is 2.16. The number of likely N-dealkylation sites (N-methyl/N-ethyl adjacent to an activating group) is 1. The zero-order valence-electron chi connectivity index (χ0n) is 12.8. The van der Waals surface area contributed by atoms with Gasteiger partial charge in [-0.15, -0.1) is 0 Å². The van der Waals surface area contributed by atoms with E-state index in [1.807, 2.05) is 0 Å². The van der Waals surface area contributed by atoms with Crippen molar-refractivity contribution in [2.45, 2.75) is 52.4 Å². The molecule has 1 fully saturated rings. The van der Waals surface area contributed by atoms with Gasteiger partial charge >= 0.3 is 0 Å². The first kappa shape index (κ1) is 18.2. The van der Waals surface area contributed by atoms with Crippen LogP contribution < -0.4 is 12.4 Å². The summed E-state index contributed by atoms with van der Waals surface area (Å²) in [7, 11) is 2.27. The van der Waals surface area contributed by atoms with Gasteiger partial charge < -0.3 is 16.9 Å². The third-order valence-corrected chi connectivity index (χ3v) is 4.38. The molecule has 0 aromatic carbocycles. The van der Waals surface area contributed by atoms with Crippen molar-refractivity contribution in [3.63, 3.8) is 0 Å². The predicted octanol–water partition coefficient (Wildman–Crippen LogP) is 0.133. The van der Waals surface area contributed by atoms with E-state index in [0.29, 0.717) is 0 Å². The van der Waals surface area contributed by atoms with Crippen LogP contribution in [-0.2, 0) is 0 Å². The standard InChI is InChI=1S/C15H33N2.ClH/c1-4-6-8-9-13-17(12-7-5-2)14-10-16(3)11-15-17;/h4-15H2,1-3H3;1H/q+1;/p-1. The number of quaternary nitrogens is 1. The first-order chi connectivity index (χ1) is 8.22. The van der Waals surface area contributed by atoms with Crippen LogP contribution in [0.15, 0.2) is 0 Å². The van der Waals surface area contributed by atoms with E-state index in [2.05, 4.69) is 25.8 Å². The number of piperazine rings is 1. The van der Waals surface area contributed by atoms with Crippen LogP contribution in [0.25, 0.3) is 0 Å². The lowest BCUT2D eigenvalue weighted by Crippen LogP contribution is -3.00. The van der Waals surface area contributed by atoms with Crippen LogP contribution in [0.2, 0.25) is 0 Å². The van der Waals surface area contributed by atoms with Gasteiger partial charge in [0.2, 0.25) is 0 Å². The first-order valence-electron chi connectivity index (χ1n) is 7.76. The van der Waals surface area contributed by atoms with Gasteiger partial charge in [-0.3, -0.25) is 4.90 Å². The average Bonchev–Trinajstić information content (AvgIpc) is 2.36. The molecular formula is C15H33ClN2. The topological polar surface area (TPSA) is 3.24 Å². The summed E-state index contributed by atoms with van der Waals surface area (Å²) in [5, 5.41) is 0. The molecule has 0 saturated carbocycles. The lowest BCUT2D eigenvalue weighted by Gasteiger charge is -2.44. The maximum absolute atomic E-state index is 2.49. The Morgan fingerprint density at radius 1 is 0.833 bits per heavy atom. The fourth-order valence-corrected chi connectivity index (χ4v) is 2.92. The van der Waals surface area contributed by atoms with Gasteiger partial charge in [-0.05, 0) is 26.3 Å². The van der Waals surface area contributed by atoms with Crippen molar-refractivity contribution in [2.75, 3.05) is 46.3 Å². The lowest BCUT2D eigenvalue weighted by molar-refractivity contribution is -0.932. The van der Waals surface area contributed by atoms with Gasteiger partial charge in [-0.1, -0.05) is 33.1 Å². The summed E-state index contributed by atoms with van der Waals surface area (Å²) in [5.74, 6) is 0. The van der Waals surface area contributed by atoms with Crippen molar-refractivity contribution in [2.24, 2.45) is 0 Å². The molecule has 1 aliphatic rings. The smallest absolute Gasteiger partial charge is 0.0916 e. The molecule has 0 atom stereocenters. The molecule has 110 valence electrons. The molecule has 0 bridgehead atoms. The second-order valence-corrected chi connectivity index (χ2v) is 5.95. The highest BCUT2D eigenvalue weighted by molar-refractivity contribution is 4.60. The van der Waals surface area contributed by atoms with Crippen molar-refractivity contribution in [3.05, 3.63) is 0 Å². The zero-order chi connectivity index (χ0) is 12.6. The summed E-state index contributed by atoms with van der Waals surface area (Å²) in [6, 6.07) is 0. The van der Waals surface area contributed by atoms with Gasteiger partial charge in [-0.2, -0.15) is 0 Å². The lowest BCUT2D eigenvalue weighted by atomic mass is 10.1. The molecule has 1 rings (SSSR count). The Balaban J connectivity index is 0.00000289. The van der Waals surface area contributed by atoms with Crippen LogP contribution in [0.5, 0.6) is 0 Å². The normalized spacial score (nSPS) is 19.5. The fourth-order valence-electron chi connectivity index (χ4n) is 2.92. The number of halogens is 1. The van der Waals surface area contributed by atoms with Crippen LogP contribution in [0.3, 0.4) is 0 Å². The Bertz CT molecular complexity index is 183. The summed E-state index contributed by atoms with van der Waals surface area (Å²) in [6.07, 6.45) is 8.44. The Morgan fingerprint density at radius 2 is 1.39 bits per heavy atom. The molecule has 0 spiro atoms. The van der Waals surface area contributed by atoms with Gasteiger partial charge in [0.25, 0.3) is 0 Å². The maximum atomic E-state index is 2.49. The van der Waals surface area contributed by atoms with E-state index in [1.165, 1.54) is 82.3 Å². The quantitative estimate of drug-likeness (QED) is 0.450. The van der Waals surface area contributed by atoms with Gasteiger partial charge in [0, 0.05) is 13.1 Å². The minimum Gasteiger partial charge on any atom is -1.00 e. The van der Waals surface area contributed by atoms with Crippen molar-refractivity contribution in [1.29, 1.82) is 0 Å². The maximum Gasteiger partial charge on any atom is 0.0916 e. The third kappa shape index (κ3) is 6.40. The zero-order valence-corrected chi connectivity index (χ0v) is 13.5. The van der Waals surface area contributed by atoms with Crippen LogP contribution in [-0.4, -0.2) is 55.7 Å². The van der Waals surface area contributed by atoms with E-state index in [4.69, 9.17) is 0 Å². The molecule has 18 heavy (non-hydrogen) atoms. The molecule has 1 saturated heterocycles. The van der Waals surface area contributed by atoms with Crippen molar-refractivity contribution < 1.29 is 16.9 Å². The largest absolute Gasteiger partial charge is 1.00 e. The number of nitrogens with zero attached hydrogens (tertiary/aromatic N) is 2. The molecule has 0 amide bonds. The summed E-state index contributed by atoms with van der Waals surface area (Å²) in [4.78, 5) is 2.49. The molecule has 2 nitrogen and oxygen atoms in total. The first-order valence-corrected chi connectivity index (χ1v) is 7.76. The van der Waals surface area contributed by atoms with E-state index in [0.717, 1.165) is 0 Å². The van der Waals surface area contributed by atoms with Crippen LogP contribution >= 0.6 is 0 Å². The van der Waals surface area contributed by atoms with E-state index in [-0.39, 0.29) is 12.4 Å². The molecule has 3 heteroatoms. The number of hydrogen-bond donors (Lipinski definition) is 0. The monoisotopic (exact) mass is 276 g/mol. The summed E-state index contributed by atoms with van der Waals surface area (Å²) >= 11 is 0. The average molecular weight is 277 g/mol. The minimum atomic E-state index is 0. The van der Waals surface area contributed by atoms with E-state index in [9.17, 15) is 0 Å². The van der Waals surface area contributed by atoms with Crippen LogP contribution in [0, 0.1) is 0 Å². The van der Waals surface area contributed by atoms with E-state index in [1.54, 1.807) is 0 Å². The molecule has 0 N–H and O–H groups in total. The van der Waals surface area contributed by atoms with Gasteiger partial charge in [-0.25, -0.2) is 0 Å². The second kappa shape index (κ2) is 10.1. The molecule has 1 aliphatic heterocycles. The third-order valence-electron chi connectivity index (χ3n) is 4.38. The number of unbranched alkanes of at least 4 members (excludes halogenated alkanes) is 4. The van der Waals surface area contributed by atoms with Gasteiger partial charge in [0.15, 0.2) is 0 Å². The highest BCUT2D eigenvalue weighted by atomic mass is 35.5. The molecule has 0 aliphatic carbocycles. The summed E-state index contributed by atoms with van der Waals surface area (Å²) in [5.41, 5.74) is 0. The van der Waals surface area contributed by atoms with Crippen LogP contribution in [0.4, 0.5) is 0 Å². The van der Waals surface area contributed by atoms with Crippen molar-refractivity contribution in [1.82, 2.24) is 4.90 Å². The SMILES string of the molecule is CCCCCC[N+]1(CCCC)CCN(C)CC1.[Cl-]. The van der Waals surface area contributed by atoms with Crippen molar-refractivity contribution >= 4 is 0 Å². The Hall–Kier alpha value is 0.210. The number of hydrogen-bond acceptors (Lipinski definition) is 1. The highest BCUT2D eigenvalue weighted by Gasteiger charge is 2.30. The van der Waals surface area contributed by atoms with Gasteiger partial charge in [0.05, 0.1) is 26.2 Å².